The molecule has 4 nitrogen and oxygen atoms in total. The van der Waals surface area contributed by atoms with Gasteiger partial charge in [0.25, 0.3) is 0 Å². The summed E-state index contributed by atoms with van der Waals surface area (Å²) in [6.07, 6.45) is 2.36. The summed E-state index contributed by atoms with van der Waals surface area (Å²) >= 11 is 0. The van der Waals surface area contributed by atoms with E-state index in [2.05, 4.69) is 6.58 Å². The molecule has 0 aliphatic rings. The summed E-state index contributed by atoms with van der Waals surface area (Å²) in [5, 5.41) is 9.57. The fraction of sp³-hybridized carbons (Fsp3) is 0.375. The minimum atomic E-state index is -1.55. The first kappa shape index (κ1) is 16.0. The van der Waals surface area contributed by atoms with E-state index in [1.807, 2.05) is 30.3 Å². The number of carboxylic acid groups (broad SMARTS) is 1. The molecule has 0 bridgehead atoms. The SMILES string of the molecule is C=CCCC(Cc1ccccc1)(C(=O)O)C(=O)OCC. The third-order valence-electron chi connectivity index (χ3n) is 3.20. The molecule has 0 saturated heterocycles. The summed E-state index contributed by atoms with van der Waals surface area (Å²) in [4.78, 5) is 23.9. The Bertz CT molecular complexity index is 467. The summed E-state index contributed by atoms with van der Waals surface area (Å²) in [5.74, 6) is -1.83. The highest BCUT2D eigenvalue weighted by Crippen LogP contribution is 2.31. The van der Waals surface area contributed by atoms with Crippen molar-refractivity contribution in [2.45, 2.75) is 26.2 Å². The second kappa shape index (κ2) is 7.48. The maximum Gasteiger partial charge on any atom is 0.323 e. The van der Waals surface area contributed by atoms with E-state index in [1.54, 1.807) is 13.0 Å². The molecule has 0 heterocycles. The monoisotopic (exact) mass is 276 g/mol. The van der Waals surface area contributed by atoms with Gasteiger partial charge >= 0.3 is 11.9 Å². The third-order valence-corrected chi connectivity index (χ3v) is 3.20. The second-order valence-electron chi connectivity index (χ2n) is 4.60. The van der Waals surface area contributed by atoms with E-state index in [9.17, 15) is 14.7 Å². The summed E-state index contributed by atoms with van der Waals surface area (Å²) in [5.41, 5.74) is -0.752. The van der Waals surface area contributed by atoms with Crippen LogP contribution < -0.4 is 0 Å². The first-order valence-corrected chi connectivity index (χ1v) is 6.62. The van der Waals surface area contributed by atoms with Crippen LogP contribution in [0, 0.1) is 5.41 Å². The van der Waals surface area contributed by atoms with Crippen molar-refractivity contribution in [2.24, 2.45) is 5.41 Å². The maximum absolute atomic E-state index is 12.2. The standard InChI is InChI=1S/C16H20O4/c1-3-5-11-16(14(17)18,15(19)20-4-2)12-13-9-7-6-8-10-13/h3,6-10H,1,4-5,11-12H2,2H3,(H,17,18). The summed E-state index contributed by atoms with van der Waals surface area (Å²) in [6.45, 7) is 5.42. The van der Waals surface area contributed by atoms with Crippen molar-refractivity contribution in [1.82, 2.24) is 0 Å². The van der Waals surface area contributed by atoms with Crippen LogP contribution in [0.1, 0.15) is 25.3 Å². The number of carboxylic acids is 1. The van der Waals surface area contributed by atoms with Gasteiger partial charge in [0, 0.05) is 0 Å². The Morgan fingerprint density at radius 3 is 2.50 bits per heavy atom. The first-order valence-electron chi connectivity index (χ1n) is 6.62. The normalized spacial score (nSPS) is 13.2. The topological polar surface area (TPSA) is 63.6 Å². The Morgan fingerprint density at radius 2 is 2.00 bits per heavy atom. The van der Waals surface area contributed by atoms with Crippen molar-refractivity contribution in [1.29, 1.82) is 0 Å². The van der Waals surface area contributed by atoms with Crippen LogP contribution in [0.2, 0.25) is 0 Å². The van der Waals surface area contributed by atoms with Crippen LogP contribution in [0.3, 0.4) is 0 Å². The van der Waals surface area contributed by atoms with Gasteiger partial charge in [-0.3, -0.25) is 9.59 Å². The average molecular weight is 276 g/mol. The summed E-state index contributed by atoms with van der Waals surface area (Å²) in [6, 6.07) is 9.11. The zero-order chi connectivity index (χ0) is 15.0. The lowest BCUT2D eigenvalue weighted by atomic mass is 9.77. The number of carbonyl (C=O) groups is 2. The van der Waals surface area contributed by atoms with Crippen molar-refractivity contribution in [2.75, 3.05) is 6.61 Å². The van der Waals surface area contributed by atoms with Gasteiger partial charge < -0.3 is 9.84 Å². The number of carbonyl (C=O) groups excluding carboxylic acids is 1. The van der Waals surface area contributed by atoms with Crippen LogP contribution >= 0.6 is 0 Å². The number of esters is 1. The van der Waals surface area contributed by atoms with Crippen LogP contribution in [0.15, 0.2) is 43.0 Å². The van der Waals surface area contributed by atoms with Gasteiger partial charge in [0.2, 0.25) is 0 Å². The molecular formula is C16H20O4. The van der Waals surface area contributed by atoms with E-state index >= 15 is 0 Å². The van der Waals surface area contributed by atoms with Gasteiger partial charge in [-0.05, 0) is 31.7 Å². The summed E-state index contributed by atoms with van der Waals surface area (Å²) < 4.78 is 4.98. The van der Waals surface area contributed by atoms with E-state index in [1.165, 1.54) is 0 Å². The highest BCUT2D eigenvalue weighted by molar-refractivity contribution is 5.99. The van der Waals surface area contributed by atoms with Crippen molar-refractivity contribution >= 4 is 11.9 Å². The number of rotatable bonds is 8. The minimum absolute atomic E-state index is 0.121. The lowest BCUT2D eigenvalue weighted by Crippen LogP contribution is -2.42. The Balaban J connectivity index is 3.11. The second-order valence-corrected chi connectivity index (χ2v) is 4.60. The van der Waals surface area contributed by atoms with E-state index in [4.69, 9.17) is 4.74 Å². The van der Waals surface area contributed by atoms with Gasteiger partial charge in [-0.2, -0.15) is 0 Å². The molecule has 1 N–H and O–H groups in total. The zero-order valence-corrected chi connectivity index (χ0v) is 11.7. The molecule has 1 rings (SSSR count). The van der Waals surface area contributed by atoms with Crippen molar-refractivity contribution in [3.8, 4) is 0 Å². The van der Waals surface area contributed by atoms with Crippen molar-refractivity contribution in [3.63, 3.8) is 0 Å². The van der Waals surface area contributed by atoms with Crippen LogP contribution in [0.25, 0.3) is 0 Å². The molecule has 1 unspecified atom stereocenters. The quantitative estimate of drug-likeness (QED) is 0.450. The summed E-state index contributed by atoms with van der Waals surface area (Å²) in [7, 11) is 0. The molecule has 1 aromatic carbocycles. The van der Waals surface area contributed by atoms with Crippen LogP contribution in [-0.4, -0.2) is 23.7 Å². The van der Waals surface area contributed by atoms with Crippen LogP contribution in [0.4, 0.5) is 0 Å². The van der Waals surface area contributed by atoms with Crippen LogP contribution in [-0.2, 0) is 20.7 Å². The van der Waals surface area contributed by atoms with Gasteiger partial charge in [-0.1, -0.05) is 36.4 Å². The van der Waals surface area contributed by atoms with Crippen molar-refractivity contribution < 1.29 is 19.4 Å². The molecule has 0 spiro atoms. The number of allylic oxidation sites excluding steroid dienone is 1. The fourth-order valence-corrected chi connectivity index (χ4v) is 2.09. The highest BCUT2D eigenvalue weighted by Gasteiger charge is 2.47. The number of hydrogen-bond donors (Lipinski definition) is 1. The largest absolute Gasteiger partial charge is 0.480 e. The van der Waals surface area contributed by atoms with Crippen molar-refractivity contribution in [3.05, 3.63) is 48.6 Å². The molecule has 0 aliphatic carbocycles. The fourth-order valence-electron chi connectivity index (χ4n) is 2.09. The lowest BCUT2D eigenvalue weighted by Gasteiger charge is -2.26. The average Bonchev–Trinajstić information content (AvgIpc) is 2.44. The Kier molecular flexibility index (Phi) is 5.97. The molecule has 0 fully saturated rings. The van der Waals surface area contributed by atoms with E-state index in [0.29, 0.717) is 6.42 Å². The van der Waals surface area contributed by atoms with Gasteiger partial charge in [0.05, 0.1) is 6.61 Å². The predicted molar refractivity (Wildman–Crippen MR) is 76.3 cm³/mol. The van der Waals surface area contributed by atoms with E-state index < -0.39 is 17.4 Å². The molecule has 108 valence electrons. The Hall–Kier alpha value is -2.10. The smallest absolute Gasteiger partial charge is 0.323 e. The molecule has 0 radical (unpaired) electrons. The Labute approximate surface area is 119 Å². The molecule has 0 aliphatic heterocycles. The number of hydrogen-bond acceptors (Lipinski definition) is 3. The molecule has 0 aromatic heterocycles. The molecule has 20 heavy (non-hydrogen) atoms. The van der Waals surface area contributed by atoms with Gasteiger partial charge in [-0.25, -0.2) is 0 Å². The van der Waals surface area contributed by atoms with E-state index in [-0.39, 0.29) is 19.4 Å². The van der Waals surface area contributed by atoms with Gasteiger partial charge in [0.15, 0.2) is 5.41 Å². The predicted octanol–water partition coefficient (Wildman–Crippen LogP) is 2.83. The van der Waals surface area contributed by atoms with Crippen LogP contribution in [0.5, 0.6) is 0 Å². The zero-order valence-electron chi connectivity index (χ0n) is 11.7. The van der Waals surface area contributed by atoms with Gasteiger partial charge in [0.1, 0.15) is 0 Å². The molecular weight excluding hydrogens is 256 g/mol. The third kappa shape index (κ3) is 3.70. The number of benzene rings is 1. The molecule has 0 saturated carbocycles. The number of aliphatic carboxylic acids is 1. The Morgan fingerprint density at radius 1 is 1.35 bits per heavy atom. The van der Waals surface area contributed by atoms with E-state index in [0.717, 1.165) is 5.56 Å². The molecule has 1 aromatic rings. The molecule has 4 heteroatoms. The highest BCUT2D eigenvalue weighted by atomic mass is 16.5. The minimum Gasteiger partial charge on any atom is -0.480 e. The molecule has 1 atom stereocenters. The first-order chi connectivity index (χ1) is 9.56. The maximum atomic E-state index is 12.2. The molecule has 0 amide bonds. The number of ether oxygens (including phenoxy) is 1. The lowest BCUT2D eigenvalue weighted by molar-refractivity contribution is -0.169. The van der Waals surface area contributed by atoms with Gasteiger partial charge in [-0.15, -0.1) is 6.58 Å².